The minimum absolute atomic E-state index is 0.195. The highest BCUT2D eigenvalue weighted by Crippen LogP contribution is 2.33. The third-order valence-corrected chi connectivity index (χ3v) is 6.86. The number of rotatable bonds is 8. The van der Waals surface area contributed by atoms with Gasteiger partial charge in [-0.25, -0.2) is 4.79 Å². The van der Waals surface area contributed by atoms with E-state index in [4.69, 9.17) is 14.2 Å². The van der Waals surface area contributed by atoms with Gasteiger partial charge in [-0.1, -0.05) is 61.0 Å². The largest absolute Gasteiger partial charge is 0.459 e. The topological polar surface area (TPSA) is 73.4 Å². The van der Waals surface area contributed by atoms with Crippen LogP contribution < -0.4 is 4.74 Å². The molecule has 0 unspecified atom stereocenters. The van der Waals surface area contributed by atoms with Crippen molar-refractivity contribution in [3.05, 3.63) is 81.0 Å². The van der Waals surface area contributed by atoms with Gasteiger partial charge in [-0.15, -0.1) is 5.10 Å². The average molecular weight is 541 g/mol. The Morgan fingerprint density at radius 1 is 1.20 bits per heavy atom. The van der Waals surface area contributed by atoms with Crippen molar-refractivity contribution in [2.75, 3.05) is 6.61 Å². The van der Waals surface area contributed by atoms with E-state index in [1.54, 1.807) is 12.1 Å². The van der Waals surface area contributed by atoms with Gasteiger partial charge in [0, 0.05) is 28.6 Å². The molecule has 0 saturated carbocycles. The Labute approximate surface area is 215 Å². The second-order valence-electron chi connectivity index (χ2n) is 9.67. The van der Waals surface area contributed by atoms with Crippen molar-refractivity contribution >= 4 is 21.9 Å². The molecule has 3 atom stereocenters. The van der Waals surface area contributed by atoms with Crippen LogP contribution in [0.3, 0.4) is 0 Å². The Hall–Kier alpha value is -2.64. The summed E-state index contributed by atoms with van der Waals surface area (Å²) in [5, 5.41) is 7.70. The Morgan fingerprint density at radius 3 is 2.69 bits per heavy atom. The molecule has 0 bridgehead atoms. The second-order valence-corrected chi connectivity index (χ2v) is 10.6. The number of halogens is 1. The fourth-order valence-corrected chi connectivity index (χ4v) is 4.96. The number of aromatic amines is 1. The fraction of sp³-hybridized carbons (Fsp3) is 0.429. The molecule has 0 radical (unpaired) electrons. The summed E-state index contributed by atoms with van der Waals surface area (Å²) in [7, 11) is 0. The van der Waals surface area contributed by atoms with Crippen LogP contribution in [0.15, 0.2) is 53.0 Å². The number of esters is 1. The number of ether oxygens (including phenoxy) is 3. The van der Waals surface area contributed by atoms with Crippen LogP contribution in [0.2, 0.25) is 0 Å². The summed E-state index contributed by atoms with van der Waals surface area (Å²) in [5.41, 5.74) is 5.10. The maximum Gasteiger partial charge on any atom is 0.338 e. The first-order chi connectivity index (χ1) is 16.8. The highest BCUT2D eigenvalue weighted by molar-refractivity contribution is 9.10. The minimum Gasteiger partial charge on any atom is -0.459 e. The first kappa shape index (κ1) is 25.5. The van der Waals surface area contributed by atoms with Gasteiger partial charge in [-0.2, -0.15) is 0 Å². The summed E-state index contributed by atoms with van der Waals surface area (Å²) < 4.78 is 19.1. The molecule has 1 saturated heterocycles. The van der Waals surface area contributed by atoms with Gasteiger partial charge in [-0.3, -0.25) is 5.10 Å². The first-order valence-corrected chi connectivity index (χ1v) is 13.0. The van der Waals surface area contributed by atoms with Crippen LogP contribution in [0.25, 0.3) is 0 Å². The molecule has 0 aliphatic carbocycles. The van der Waals surface area contributed by atoms with Gasteiger partial charge < -0.3 is 14.2 Å². The number of H-pyrrole nitrogens is 1. The van der Waals surface area contributed by atoms with E-state index in [-0.39, 0.29) is 24.6 Å². The molecule has 1 N–H and O–H groups in total. The van der Waals surface area contributed by atoms with Crippen molar-refractivity contribution in [2.45, 2.75) is 65.3 Å². The fourth-order valence-electron chi connectivity index (χ4n) is 4.49. The van der Waals surface area contributed by atoms with Gasteiger partial charge in [0.25, 0.3) is 0 Å². The number of aryl methyl sites for hydroxylation is 1. The molecule has 1 aliphatic heterocycles. The lowest BCUT2D eigenvalue weighted by Gasteiger charge is -2.33. The van der Waals surface area contributed by atoms with Gasteiger partial charge in [0.1, 0.15) is 6.61 Å². The molecular weight excluding hydrogens is 508 g/mol. The number of nitrogens with zero attached hydrogens (tertiary/aromatic N) is 1. The first-order valence-electron chi connectivity index (χ1n) is 12.2. The van der Waals surface area contributed by atoms with Crippen molar-refractivity contribution in [1.82, 2.24) is 10.2 Å². The number of nitrogens with one attached hydrogen (secondary N) is 1. The lowest BCUT2D eigenvalue weighted by atomic mass is 9.96. The smallest absolute Gasteiger partial charge is 0.338 e. The Kier molecular flexibility index (Phi) is 8.29. The molecule has 2 aromatic carbocycles. The summed E-state index contributed by atoms with van der Waals surface area (Å²) in [6, 6.07) is 15.3. The van der Waals surface area contributed by atoms with Crippen molar-refractivity contribution in [1.29, 1.82) is 0 Å². The second kappa shape index (κ2) is 11.4. The molecule has 7 heteroatoms. The molecule has 4 rings (SSSR count). The predicted molar refractivity (Wildman–Crippen MR) is 139 cm³/mol. The number of hydrogen-bond acceptors (Lipinski definition) is 5. The molecule has 3 aromatic rings. The van der Waals surface area contributed by atoms with Crippen molar-refractivity contribution in [3.8, 4) is 5.88 Å². The number of benzene rings is 2. The summed E-state index contributed by atoms with van der Waals surface area (Å²) in [4.78, 5) is 12.3. The van der Waals surface area contributed by atoms with Crippen LogP contribution in [0.4, 0.5) is 0 Å². The predicted octanol–water partition coefficient (Wildman–Crippen LogP) is 6.57. The Balaban J connectivity index is 1.45. The maximum atomic E-state index is 12.3. The zero-order chi connectivity index (χ0) is 24.9. The molecule has 2 heterocycles. The standard InChI is InChI=1S/C28H33BrN2O4/c1-17(2)26-24(15-21-10-11-22(29)14-19(21)4)27(31-30-26)35-25-13-18(3)12-23(34-25)16-33-28(32)20-8-6-5-7-9-20/h5-11,14,17-18,23,25H,12-13,15-16H2,1-4H3,(H,30,31)/t18-,23-,25-/m0/s1. The van der Waals surface area contributed by atoms with Gasteiger partial charge in [0.05, 0.1) is 11.7 Å². The van der Waals surface area contributed by atoms with Gasteiger partial charge >= 0.3 is 5.97 Å². The van der Waals surface area contributed by atoms with Crippen LogP contribution in [0.5, 0.6) is 5.88 Å². The number of carbonyl (C=O) groups is 1. The molecule has 186 valence electrons. The highest BCUT2D eigenvalue weighted by atomic mass is 79.9. The molecule has 35 heavy (non-hydrogen) atoms. The number of aromatic nitrogens is 2. The monoisotopic (exact) mass is 540 g/mol. The summed E-state index contributed by atoms with van der Waals surface area (Å²) in [6.07, 6.45) is 1.61. The third kappa shape index (κ3) is 6.53. The van der Waals surface area contributed by atoms with E-state index >= 15 is 0 Å². The molecule has 1 aromatic heterocycles. The van der Waals surface area contributed by atoms with E-state index in [0.29, 0.717) is 17.4 Å². The van der Waals surface area contributed by atoms with E-state index < -0.39 is 6.29 Å². The zero-order valence-corrected chi connectivity index (χ0v) is 22.3. The van der Waals surface area contributed by atoms with Gasteiger partial charge in [0.2, 0.25) is 12.2 Å². The maximum absolute atomic E-state index is 12.3. The van der Waals surface area contributed by atoms with Crippen molar-refractivity contribution in [3.63, 3.8) is 0 Å². The summed E-state index contributed by atoms with van der Waals surface area (Å²) >= 11 is 3.55. The lowest BCUT2D eigenvalue weighted by Crippen LogP contribution is -2.38. The lowest BCUT2D eigenvalue weighted by molar-refractivity contribution is -0.172. The van der Waals surface area contributed by atoms with Crippen molar-refractivity contribution in [2.24, 2.45) is 5.92 Å². The average Bonchev–Trinajstić information content (AvgIpc) is 3.21. The Morgan fingerprint density at radius 2 is 1.97 bits per heavy atom. The summed E-state index contributed by atoms with van der Waals surface area (Å²) in [6.45, 7) is 8.77. The van der Waals surface area contributed by atoms with Crippen LogP contribution in [0.1, 0.15) is 72.3 Å². The number of hydrogen-bond donors (Lipinski definition) is 1. The summed E-state index contributed by atoms with van der Waals surface area (Å²) in [5.74, 6) is 0.887. The van der Waals surface area contributed by atoms with Crippen LogP contribution >= 0.6 is 15.9 Å². The van der Waals surface area contributed by atoms with Crippen LogP contribution in [-0.4, -0.2) is 35.2 Å². The molecule has 1 fully saturated rings. The molecule has 0 amide bonds. The van der Waals surface area contributed by atoms with E-state index in [1.165, 1.54) is 11.1 Å². The van der Waals surface area contributed by atoms with E-state index in [1.807, 2.05) is 18.2 Å². The minimum atomic E-state index is -0.452. The van der Waals surface area contributed by atoms with Gasteiger partial charge in [0.15, 0.2) is 0 Å². The van der Waals surface area contributed by atoms with Crippen LogP contribution in [-0.2, 0) is 15.9 Å². The third-order valence-electron chi connectivity index (χ3n) is 6.37. The van der Waals surface area contributed by atoms with E-state index in [0.717, 1.165) is 35.0 Å². The molecule has 6 nitrogen and oxygen atoms in total. The van der Waals surface area contributed by atoms with Crippen LogP contribution in [0, 0.1) is 12.8 Å². The quantitative estimate of drug-likeness (QED) is 0.327. The SMILES string of the molecule is Cc1cc(Br)ccc1Cc1c(O[C@H]2C[C@@H](C)C[C@@H](COC(=O)c3ccccc3)O2)n[nH]c1C(C)C. The number of carbonyl (C=O) groups excluding carboxylic acids is 1. The highest BCUT2D eigenvalue weighted by Gasteiger charge is 2.31. The zero-order valence-electron chi connectivity index (χ0n) is 20.7. The van der Waals surface area contributed by atoms with E-state index in [9.17, 15) is 4.79 Å². The van der Waals surface area contributed by atoms with Crippen molar-refractivity contribution < 1.29 is 19.0 Å². The van der Waals surface area contributed by atoms with Gasteiger partial charge in [-0.05, 0) is 60.6 Å². The normalized spacial score (nSPS) is 20.1. The molecule has 0 spiro atoms. The molecule has 1 aliphatic rings. The Bertz CT molecular complexity index is 1150. The van der Waals surface area contributed by atoms with E-state index in [2.05, 4.69) is 72.0 Å². The molecular formula is C28H33BrN2O4.